The van der Waals surface area contributed by atoms with Crippen molar-refractivity contribution in [3.05, 3.63) is 68.2 Å². The lowest BCUT2D eigenvalue weighted by atomic mass is 10.1. The monoisotopic (exact) mass is 518 g/mol. The first-order chi connectivity index (χ1) is 15.6. The van der Waals surface area contributed by atoms with E-state index in [9.17, 15) is 29.3 Å². The van der Waals surface area contributed by atoms with Crippen molar-refractivity contribution in [3.8, 4) is 0 Å². The van der Waals surface area contributed by atoms with Crippen molar-refractivity contribution in [2.45, 2.75) is 13.3 Å². The number of hydrazine groups is 1. The molecule has 33 heavy (non-hydrogen) atoms. The van der Waals surface area contributed by atoms with Gasteiger partial charge < -0.3 is 10.1 Å². The second kappa shape index (κ2) is 10.2. The molecule has 1 aliphatic rings. The predicted octanol–water partition coefficient (Wildman–Crippen LogP) is 2.34. The molecule has 0 spiro atoms. The lowest BCUT2D eigenvalue weighted by Gasteiger charge is -2.17. The van der Waals surface area contributed by atoms with Crippen LogP contribution in [-0.4, -0.2) is 46.8 Å². The zero-order chi connectivity index (χ0) is 24.1. The van der Waals surface area contributed by atoms with E-state index in [1.165, 1.54) is 24.3 Å². The first-order valence-corrected chi connectivity index (χ1v) is 10.5. The summed E-state index contributed by atoms with van der Waals surface area (Å²) >= 11 is 3.33. The van der Waals surface area contributed by atoms with E-state index in [0.29, 0.717) is 5.69 Å². The third-order valence-corrected chi connectivity index (χ3v) is 5.34. The largest absolute Gasteiger partial charge is 0.455 e. The maximum absolute atomic E-state index is 12.3. The molecule has 0 saturated carbocycles. The molecule has 1 fully saturated rings. The SMILES string of the molecule is Cc1cc(Br)ccc1NC(=O)COC(=O)[C@H]1CC(=O)N(NC(=O)c2ccc([N+](=O)[O-])cc2)C1. The summed E-state index contributed by atoms with van der Waals surface area (Å²) in [4.78, 5) is 59.0. The molecule has 12 heteroatoms. The van der Waals surface area contributed by atoms with Crippen LogP contribution < -0.4 is 10.7 Å². The molecule has 0 aromatic heterocycles. The number of amides is 3. The predicted molar refractivity (Wildman–Crippen MR) is 119 cm³/mol. The molecule has 2 aromatic rings. The van der Waals surface area contributed by atoms with Crippen LogP contribution in [0.3, 0.4) is 0 Å². The highest BCUT2D eigenvalue weighted by molar-refractivity contribution is 9.10. The van der Waals surface area contributed by atoms with Gasteiger partial charge in [-0.2, -0.15) is 0 Å². The van der Waals surface area contributed by atoms with Gasteiger partial charge in [-0.25, -0.2) is 0 Å². The van der Waals surface area contributed by atoms with E-state index in [1.54, 1.807) is 12.1 Å². The van der Waals surface area contributed by atoms with E-state index >= 15 is 0 Å². The van der Waals surface area contributed by atoms with Gasteiger partial charge in [0.15, 0.2) is 6.61 Å². The van der Waals surface area contributed by atoms with E-state index in [4.69, 9.17) is 4.74 Å². The Bertz CT molecular complexity index is 1120. The van der Waals surface area contributed by atoms with E-state index in [0.717, 1.165) is 15.0 Å². The highest BCUT2D eigenvalue weighted by Crippen LogP contribution is 2.21. The Balaban J connectivity index is 1.49. The molecule has 2 N–H and O–H groups in total. The summed E-state index contributed by atoms with van der Waals surface area (Å²) < 4.78 is 5.89. The van der Waals surface area contributed by atoms with Crippen LogP contribution in [0.4, 0.5) is 11.4 Å². The number of non-ortho nitro benzene ring substituents is 1. The zero-order valence-corrected chi connectivity index (χ0v) is 19.0. The molecule has 3 amide bonds. The van der Waals surface area contributed by atoms with Gasteiger partial charge in [0.25, 0.3) is 17.5 Å². The summed E-state index contributed by atoms with van der Waals surface area (Å²) in [7, 11) is 0. The highest BCUT2D eigenvalue weighted by atomic mass is 79.9. The summed E-state index contributed by atoms with van der Waals surface area (Å²) in [5.41, 5.74) is 3.71. The third kappa shape index (κ3) is 6.13. The summed E-state index contributed by atoms with van der Waals surface area (Å²) in [6.07, 6.45) is -0.188. The molecular formula is C21H19BrN4O7. The Morgan fingerprint density at radius 2 is 1.91 bits per heavy atom. The highest BCUT2D eigenvalue weighted by Gasteiger charge is 2.36. The number of nitro groups is 1. The summed E-state index contributed by atoms with van der Waals surface area (Å²) in [5, 5.41) is 14.3. The van der Waals surface area contributed by atoms with E-state index < -0.39 is 41.1 Å². The van der Waals surface area contributed by atoms with Gasteiger partial charge in [-0.1, -0.05) is 15.9 Å². The number of nitro benzene ring substituents is 1. The van der Waals surface area contributed by atoms with Crippen molar-refractivity contribution < 1.29 is 28.8 Å². The topological polar surface area (TPSA) is 148 Å². The number of ether oxygens (including phenoxy) is 1. The molecule has 1 atom stereocenters. The van der Waals surface area contributed by atoms with Gasteiger partial charge >= 0.3 is 5.97 Å². The number of halogens is 1. The minimum Gasteiger partial charge on any atom is -0.455 e. The van der Waals surface area contributed by atoms with E-state index in [-0.39, 0.29) is 24.2 Å². The number of carbonyl (C=O) groups excluding carboxylic acids is 4. The second-order valence-electron chi connectivity index (χ2n) is 7.27. The summed E-state index contributed by atoms with van der Waals surface area (Å²) in [6.45, 7) is 1.17. The molecule has 0 radical (unpaired) electrons. The van der Waals surface area contributed by atoms with Crippen LogP contribution >= 0.6 is 15.9 Å². The number of aryl methyl sites for hydroxylation is 1. The zero-order valence-electron chi connectivity index (χ0n) is 17.4. The second-order valence-corrected chi connectivity index (χ2v) is 8.18. The average molecular weight is 519 g/mol. The van der Waals surface area contributed by atoms with Crippen LogP contribution in [0.2, 0.25) is 0 Å². The molecule has 0 unspecified atom stereocenters. The van der Waals surface area contributed by atoms with Gasteiger partial charge in [0.05, 0.1) is 17.4 Å². The van der Waals surface area contributed by atoms with E-state index in [1.807, 2.05) is 13.0 Å². The van der Waals surface area contributed by atoms with Gasteiger partial charge in [-0.15, -0.1) is 0 Å². The van der Waals surface area contributed by atoms with Gasteiger partial charge in [0.1, 0.15) is 0 Å². The Morgan fingerprint density at radius 3 is 2.55 bits per heavy atom. The molecule has 2 aromatic carbocycles. The third-order valence-electron chi connectivity index (χ3n) is 4.84. The van der Waals surface area contributed by atoms with Crippen molar-refractivity contribution in [1.82, 2.24) is 10.4 Å². The van der Waals surface area contributed by atoms with Crippen LogP contribution in [0, 0.1) is 23.0 Å². The van der Waals surface area contributed by atoms with Gasteiger partial charge in [0, 0.05) is 34.3 Å². The number of hydrogen-bond acceptors (Lipinski definition) is 7. The molecule has 1 saturated heterocycles. The van der Waals surface area contributed by atoms with Crippen LogP contribution in [0.15, 0.2) is 46.9 Å². The smallest absolute Gasteiger partial charge is 0.311 e. The molecule has 1 aliphatic heterocycles. The normalized spacial score (nSPS) is 15.2. The lowest BCUT2D eigenvalue weighted by molar-refractivity contribution is -0.384. The van der Waals surface area contributed by atoms with Crippen LogP contribution in [0.25, 0.3) is 0 Å². The van der Waals surface area contributed by atoms with Crippen LogP contribution in [0.5, 0.6) is 0 Å². The molecule has 0 aliphatic carbocycles. The van der Waals surface area contributed by atoms with E-state index in [2.05, 4.69) is 26.7 Å². The Morgan fingerprint density at radius 1 is 1.21 bits per heavy atom. The number of carbonyl (C=O) groups is 4. The quantitative estimate of drug-likeness (QED) is 0.324. The number of anilines is 1. The molecular weight excluding hydrogens is 500 g/mol. The summed E-state index contributed by atoms with van der Waals surface area (Å²) in [6, 6.07) is 10.1. The fourth-order valence-electron chi connectivity index (χ4n) is 3.10. The minimum atomic E-state index is -0.850. The lowest BCUT2D eigenvalue weighted by Crippen LogP contribution is -2.43. The Hall–Kier alpha value is -3.80. The number of nitrogens with zero attached hydrogens (tertiary/aromatic N) is 2. The standard InChI is InChI=1S/C21H19BrN4O7/c1-12-8-15(22)4-7-17(12)23-18(27)11-33-21(30)14-9-19(28)25(10-14)24-20(29)13-2-5-16(6-3-13)26(31)32/h2-8,14H,9-11H2,1H3,(H,23,27)(H,24,29)/t14-/m0/s1. The molecule has 11 nitrogen and oxygen atoms in total. The van der Waals surface area contributed by atoms with Gasteiger partial charge in [0.2, 0.25) is 5.91 Å². The van der Waals surface area contributed by atoms with Crippen molar-refractivity contribution in [2.75, 3.05) is 18.5 Å². The van der Waals surface area contributed by atoms with Crippen LogP contribution in [-0.2, 0) is 19.1 Å². The Labute approximate surface area is 196 Å². The fourth-order valence-corrected chi connectivity index (χ4v) is 3.58. The molecule has 3 rings (SSSR count). The Kier molecular flexibility index (Phi) is 7.38. The average Bonchev–Trinajstić information content (AvgIpc) is 3.14. The summed E-state index contributed by atoms with van der Waals surface area (Å²) in [5.74, 6) is -3.27. The number of nitrogens with one attached hydrogen (secondary N) is 2. The molecule has 1 heterocycles. The number of hydrogen-bond donors (Lipinski definition) is 2. The van der Waals surface area contributed by atoms with Crippen molar-refractivity contribution in [2.24, 2.45) is 5.92 Å². The molecule has 0 bridgehead atoms. The number of benzene rings is 2. The number of rotatable bonds is 7. The van der Waals surface area contributed by atoms with Crippen molar-refractivity contribution in [3.63, 3.8) is 0 Å². The van der Waals surface area contributed by atoms with Crippen LogP contribution in [0.1, 0.15) is 22.3 Å². The van der Waals surface area contributed by atoms with Crippen molar-refractivity contribution in [1.29, 1.82) is 0 Å². The number of esters is 1. The minimum absolute atomic E-state index is 0.110. The fraction of sp³-hybridized carbons (Fsp3) is 0.238. The first-order valence-electron chi connectivity index (χ1n) is 9.72. The maximum Gasteiger partial charge on any atom is 0.311 e. The molecule has 172 valence electrons. The van der Waals surface area contributed by atoms with Gasteiger partial charge in [-0.3, -0.25) is 39.7 Å². The maximum atomic E-state index is 12.3. The van der Waals surface area contributed by atoms with Gasteiger partial charge in [-0.05, 0) is 42.8 Å². The van der Waals surface area contributed by atoms with Crippen molar-refractivity contribution >= 4 is 51.0 Å². The first kappa shape index (κ1) is 23.9.